The van der Waals surface area contributed by atoms with Crippen molar-refractivity contribution in [1.29, 1.82) is 0 Å². The van der Waals surface area contributed by atoms with Gasteiger partial charge in [-0.05, 0) is 30.2 Å². The molecule has 0 atom stereocenters. The molecule has 0 aromatic carbocycles. The highest BCUT2D eigenvalue weighted by Gasteiger charge is 2.05. The number of ether oxygens (including phenoxy) is 1. The average molecular weight is 224 g/mol. The van der Waals surface area contributed by atoms with E-state index in [1.807, 2.05) is 0 Å². The molecule has 0 aliphatic carbocycles. The molecular weight excluding hydrogens is 216 g/mol. The Labute approximate surface area is 98.3 Å². The maximum Gasteiger partial charge on any atom is 0.370 e. The molecule has 0 fully saturated rings. The maximum absolute atomic E-state index is 11.4. The van der Waals surface area contributed by atoms with Crippen LogP contribution in [0.4, 0.5) is 0 Å². The minimum atomic E-state index is -0.563. The summed E-state index contributed by atoms with van der Waals surface area (Å²) in [4.78, 5) is 19.1. The van der Waals surface area contributed by atoms with E-state index in [-0.39, 0.29) is 5.69 Å². The van der Waals surface area contributed by atoms with Gasteiger partial charge in [-0.3, -0.25) is 4.98 Å². The quantitative estimate of drug-likeness (QED) is 0.546. The van der Waals surface area contributed by atoms with Crippen molar-refractivity contribution in [1.82, 2.24) is 9.97 Å². The molecule has 2 rings (SSSR count). The second kappa shape index (κ2) is 5.42. The summed E-state index contributed by atoms with van der Waals surface area (Å²) in [6, 6.07) is 8.44. The molecular formula is C13H8N2O2. The lowest BCUT2D eigenvalue weighted by Gasteiger charge is -1.94. The van der Waals surface area contributed by atoms with E-state index in [9.17, 15) is 4.79 Å². The Kier molecular flexibility index (Phi) is 3.46. The van der Waals surface area contributed by atoms with Crippen molar-refractivity contribution < 1.29 is 9.53 Å². The monoisotopic (exact) mass is 224 g/mol. The number of hydrogen-bond acceptors (Lipinski definition) is 4. The number of carbonyl (C=O) groups excluding carboxylic acids is 1. The number of nitrogens with zero attached hydrogens (tertiary/aromatic N) is 2. The number of aromatic nitrogens is 2. The van der Waals surface area contributed by atoms with Crippen LogP contribution < -0.4 is 0 Å². The van der Waals surface area contributed by atoms with Crippen LogP contribution in [0.2, 0.25) is 0 Å². The summed E-state index contributed by atoms with van der Waals surface area (Å²) in [6.07, 6.45) is 7.08. The van der Waals surface area contributed by atoms with Crippen molar-refractivity contribution in [3.05, 3.63) is 60.2 Å². The average Bonchev–Trinajstić information content (AvgIpc) is 2.41. The van der Waals surface area contributed by atoms with E-state index in [0.717, 1.165) is 5.56 Å². The van der Waals surface area contributed by atoms with E-state index in [1.54, 1.807) is 42.7 Å². The Hall–Kier alpha value is -2.67. The molecule has 0 saturated heterocycles. The smallest absolute Gasteiger partial charge is 0.367 e. The fraction of sp³-hybridized carbons (Fsp3) is 0. The van der Waals surface area contributed by atoms with E-state index in [2.05, 4.69) is 22.0 Å². The molecule has 0 aliphatic rings. The van der Waals surface area contributed by atoms with Crippen molar-refractivity contribution in [3.8, 4) is 12.0 Å². The van der Waals surface area contributed by atoms with Crippen LogP contribution in [0.5, 0.6) is 0 Å². The number of hydrogen-bond donors (Lipinski definition) is 0. The van der Waals surface area contributed by atoms with Gasteiger partial charge in [-0.1, -0.05) is 6.07 Å². The van der Waals surface area contributed by atoms with Crippen LogP contribution in [0.25, 0.3) is 0 Å². The summed E-state index contributed by atoms with van der Waals surface area (Å²) < 4.78 is 4.75. The first kappa shape index (κ1) is 10.8. The first-order valence-electron chi connectivity index (χ1n) is 4.89. The van der Waals surface area contributed by atoms with Gasteiger partial charge in [0.05, 0.1) is 0 Å². The van der Waals surface area contributed by atoms with E-state index in [0.29, 0.717) is 0 Å². The highest BCUT2D eigenvalue weighted by atomic mass is 16.5. The molecule has 0 amide bonds. The first-order valence-corrected chi connectivity index (χ1v) is 4.89. The molecule has 2 aromatic rings. The van der Waals surface area contributed by atoms with Crippen LogP contribution in [0.3, 0.4) is 0 Å². The Bertz CT molecular complexity index is 556. The lowest BCUT2D eigenvalue weighted by atomic mass is 10.3. The molecule has 4 nitrogen and oxygen atoms in total. The summed E-state index contributed by atoms with van der Waals surface area (Å²) in [5.74, 6) is 2.12. The molecule has 0 unspecified atom stereocenters. The second-order valence-corrected chi connectivity index (χ2v) is 3.07. The van der Waals surface area contributed by atoms with Gasteiger partial charge in [-0.15, -0.1) is 0 Å². The third kappa shape index (κ3) is 3.14. The van der Waals surface area contributed by atoms with Gasteiger partial charge in [0.15, 0.2) is 0 Å². The fourth-order valence-corrected chi connectivity index (χ4v) is 1.10. The molecule has 2 heterocycles. The van der Waals surface area contributed by atoms with Gasteiger partial charge in [0, 0.05) is 24.2 Å². The van der Waals surface area contributed by atoms with Gasteiger partial charge in [0.2, 0.25) is 0 Å². The third-order valence-electron chi connectivity index (χ3n) is 1.89. The highest BCUT2D eigenvalue weighted by molar-refractivity contribution is 5.87. The molecule has 0 spiro atoms. The summed E-state index contributed by atoms with van der Waals surface area (Å²) >= 11 is 0. The van der Waals surface area contributed by atoms with Gasteiger partial charge >= 0.3 is 5.97 Å². The number of pyridine rings is 2. The summed E-state index contributed by atoms with van der Waals surface area (Å²) in [6.45, 7) is 0. The van der Waals surface area contributed by atoms with Crippen LogP contribution in [0, 0.1) is 12.0 Å². The minimum Gasteiger partial charge on any atom is -0.367 e. The SMILES string of the molecule is O=C(OC#Cc1ccncc1)c1ccccn1. The lowest BCUT2D eigenvalue weighted by molar-refractivity contribution is 0.0684. The van der Waals surface area contributed by atoms with Crippen molar-refractivity contribution in [2.24, 2.45) is 0 Å². The van der Waals surface area contributed by atoms with Crippen LogP contribution >= 0.6 is 0 Å². The predicted molar refractivity (Wildman–Crippen MR) is 60.8 cm³/mol. The van der Waals surface area contributed by atoms with E-state index in [4.69, 9.17) is 4.74 Å². The molecule has 17 heavy (non-hydrogen) atoms. The lowest BCUT2D eigenvalue weighted by Crippen LogP contribution is -2.02. The number of carbonyl (C=O) groups is 1. The predicted octanol–water partition coefficient (Wildman–Crippen LogP) is 1.64. The molecule has 4 heteroatoms. The summed E-state index contributed by atoms with van der Waals surface area (Å²) in [7, 11) is 0. The Morgan fingerprint density at radius 1 is 1.12 bits per heavy atom. The van der Waals surface area contributed by atoms with E-state index < -0.39 is 5.97 Å². The van der Waals surface area contributed by atoms with Gasteiger partial charge in [-0.25, -0.2) is 9.78 Å². The highest BCUT2D eigenvalue weighted by Crippen LogP contribution is 1.96. The largest absolute Gasteiger partial charge is 0.370 e. The maximum atomic E-state index is 11.4. The number of esters is 1. The summed E-state index contributed by atoms with van der Waals surface area (Å²) in [5.41, 5.74) is 0.963. The number of rotatable bonds is 1. The zero-order chi connectivity index (χ0) is 11.9. The molecule has 82 valence electrons. The van der Waals surface area contributed by atoms with Crippen LogP contribution in [0.1, 0.15) is 16.1 Å². The van der Waals surface area contributed by atoms with E-state index >= 15 is 0 Å². The van der Waals surface area contributed by atoms with E-state index in [1.165, 1.54) is 6.20 Å². The molecule has 0 aliphatic heterocycles. The Morgan fingerprint density at radius 2 is 1.94 bits per heavy atom. The van der Waals surface area contributed by atoms with Crippen molar-refractivity contribution in [3.63, 3.8) is 0 Å². The topological polar surface area (TPSA) is 52.1 Å². The van der Waals surface area contributed by atoms with Gasteiger partial charge in [-0.2, -0.15) is 0 Å². The van der Waals surface area contributed by atoms with Crippen molar-refractivity contribution in [2.75, 3.05) is 0 Å². The van der Waals surface area contributed by atoms with Gasteiger partial charge in [0.1, 0.15) is 11.8 Å². The zero-order valence-corrected chi connectivity index (χ0v) is 8.83. The Balaban J connectivity index is 2.00. The molecule has 2 aromatic heterocycles. The first-order chi connectivity index (χ1) is 8.36. The molecule has 0 radical (unpaired) electrons. The van der Waals surface area contributed by atoms with Gasteiger partial charge < -0.3 is 4.74 Å². The normalized spacial score (nSPS) is 8.94. The van der Waals surface area contributed by atoms with Crippen LogP contribution in [-0.4, -0.2) is 15.9 Å². The third-order valence-corrected chi connectivity index (χ3v) is 1.89. The standard InChI is InChI=1S/C13H8N2O2/c16-13(12-3-1-2-7-15-12)17-10-6-11-4-8-14-9-5-11/h1-5,7-9H. The fourth-order valence-electron chi connectivity index (χ4n) is 1.10. The van der Waals surface area contributed by atoms with Crippen molar-refractivity contribution in [2.45, 2.75) is 0 Å². The second-order valence-electron chi connectivity index (χ2n) is 3.07. The zero-order valence-electron chi connectivity index (χ0n) is 8.83. The minimum absolute atomic E-state index is 0.233. The summed E-state index contributed by atoms with van der Waals surface area (Å²) in [5, 5.41) is 0. The Morgan fingerprint density at radius 3 is 2.65 bits per heavy atom. The van der Waals surface area contributed by atoms with Gasteiger partial charge in [0.25, 0.3) is 0 Å². The molecule has 0 saturated carbocycles. The van der Waals surface area contributed by atoms with Crippen molar-refractivity contribution >= 4 is 5.97 Å². The van der Waals surface area contributed by atoms with Crippen LogP contribution in [0.15, 0.2) is 48.9 Å². The van der Waals surface area contributed by atoms with Crippen LogP contribution in [-0.2, 0) is 4.74 Å². The molecule has 0 N–H and O–H groups in total. The molecule has 0 bridgehead atoms.